The van der Waals surface area contributed by atoms with Crippen LogP contribution in [-0.4, -0.2) is 24.0 Å². The molecule has 0 aliphatic carbocycles. The Labute approximate surface area is 211 Å². The number of ether oxygens (including phenoxy) is 1. The maximum Gasteiger partial charge on any atom is 0.351 e. The number of aromatic hydroxyl groups is 1. The standard InChI is InChI=1S/C28H36O6S/c1-17(2)12-13-21-14-19(4)24(35-21)15-20(5)27(31)26-22(29)16-23(34-28(26)32)18(3)10-8-7-9-11-25(30)33-6/h7,9,14-18,29H,8,10-13H2,1-6H3/b9-7+,20-15?. The fourth-order valence-electron chi connectivity index (χ4n) is 3.54. The van der Waals surface area contributed by atoms with Gasteiger partial charge in [-0.3, -0.25) is 9.59 Å². The fraction of sp³-hybridized carbons (Fsp3) is 0.464. The Morgan fingerprint density at radius 3 is 2.51 bits per heavy atom. The largest absolute Gasteiger partial charge is 0.507 e. The van der Waals surface area contributed by atoms with E-state index in [1.807, 2.05) is 19.9 Å². The van der Waals surface area contributed by atoms with Crippen molar-refractivity contribution in [2.45, 2.75) is 72.6 Å². The average Bonchev–Trinajstić information content (AvgIpc) is 3.15. The first-order valence-electron chi connectivity index (χ1n) is 11.9. The number of esters is 1. The first-order valence-corrected chi connectivity index (χ1v) is 12.8. The third-order valence-corrected chi connectivity index (χ3v) is 7.03. The molecular weight excluding hydrogens is 464 g/mol. The molecule has 2 aromatic heterocycles. The van der Waals surface area contributed by atoms with Crippen LogP contribution in [0.15, 0.2) is 39.1 Å². The van der Waals surface area contributed by atoms with Crippen molar-refractivity contribution in [3.8, 4) is 5.75 Å². The van der Waals surface area contributed by atoms with Crippen molar-refractivity contribution in [2.75, 3.05) is 7.11 Å². The summed E-state index contributed by atoms with van der Waals surface area (Å²) in [5.74, 6) is -0.447. The minimum Gasteiger partial charge on any atom is -0.507 e. The minimum atomic E-state index is -0.841. The van der Waals surface area contributed by atoms with Crippen molar-refractivity contribution >= 4 is 29.2 Å². The average molecular weight is 501 g/mol. The summed E-state index contributed by atoms with van der Waals surface area (Å²) < 4.78 is 9.99. The minimum absolute atomic E-state index is 0.157. The summed E-state index contributed by atoms with van der Waals surface area (Å²) in [5.41, 5.74) is 0.264. The van der Waals surface area contributed by atoms with Crippen LogP contribution in [0.5, 0.6) is 5.75 Å². The molecule has 0 aromatic carbocycles. The molecule has 0 bridgehead atoms. The van der Waals surface area contributed by atoms with E-state index in [1.165, 1.54) is 18.1 Å². The van der Waals surface area contributed by atoms with Gasteiger partial charge in [0.25, 0.3) is 0 Å². The van der Waals surface area contributed by atoms with Crippen LogP contribution in [0.3, 0.4) is 0 Å². The molecule has 35 heavy (non-hydrogen) atoms. The van der Waals surface area contributed by atoms with Crippen molar-refractivity contribution in [2.24, 2.45) is 5.92 Å². The van der Waals surface area contributed by atoms with Crippen molar-refractivity contribution < 1.29 is 23.8 Å². The number of carbonyl (C=O) groups is 2. The molecule has 6 nitrogen and oxygen atoms in total. The van der Waals surface area contributed by atoms with Crippen LogP contribution >= 0.6 is 11.3 Å². The topological polar surface area (TPSA) is 93.8 Å². The summed E-state index contributed by atoms with van der Waals surface area (Å²) in [6, 6.07) is 3.49. The van der Waals surface area contributed by atoms with Crippen molar-refractivity contribution in [3.05, 3.63) is 66.9 Å². The Balaban J connectivity index is 2.13. The number of thiophene rings is 1. The number of carbonyl (C=O) groups excluding carboxylic acids is 2. The lowest BCUT2D eigenvalue weighted by molar-refractivity contribution is -0.139. The zero-order chi connectivity index (χ0) is 26.1. The normalized spacial score (nSPS) is 12.9. The summed E-state index contributed by atoms with van der Waals surface area (Å²) in [6.45, 7) is 9.91. The molecular formula is C28H36O6S. The zero-order valence-electron chi connectivity index (χ0n) is 21.5. The third kappa shape index (κ3) is 8.35. The molecule has 2 rings (SSSR count). The van der Waals surface area contributed by atoms with E-state index in [0.29, 0.717) is 30.1 Å². The first kappa shape index (κ1) is 28.3. The molecule has 1 unspecified atom stereocenters. The lowest BCUT2D eigenvalue weighted by Crippen LogP contribution is -2.16. The molecule has 2 heterocycles. The lowest BCUT2D eigenvalue weighted by atomic mass is 9.99. The number of ketones is 1. The van der Waals surface area contributed by atoms with Gasteiger partial charge >= 0.3 is 11.6 Å². The Bertz CT molecular complexity index is 1150. The van der Waals surface area contributed by atoms with Crippen LogP contribution in [0.4, 0.5) is 0 Å². The summed E-state index contributed by atoms with van der Waals surface area (Å²) in [4.78, 5) is 39.0. The smallest absolute Gasteiger partial charge is 0.351 e. The molecule has 0 aliphatic heterocycles. The van der Waals surface area contributed by atoms with Gasteiger partial charge < -0.3 is 14.3 Å². The van der Waals surface area contributed by atoms with Gasteiger partial charge in [-0.2, -0.15) is 0 Å². The summed E-state index contributed by atoms with van der Waals surface area (Å²) in [6.07, 6.45) is 8.96. The summed E-state index contributed by atoms with van der Waals surface area (Å²) in [7, 11) is 1.34. The third-order valence-electron chi connectivity index (χ3n) is 5.79. The van der Waals surface area contributed by atoms with Gasteiger partial charge in [-0.25, -0.2) is 4.79 Å². The maximum absolute atomic E-state index is 13.0. The molecule has 0 saturated carbocycles. The second-order valence-corrected chi connectivity index (χ2v) is 10.4. The molecule has 7 heteroatoms. The predicted octanol–water partition coefficient (Wildman–Crippen LogP) is 6.59. The Kier molecular flexibility index (Phi) is 10.7. The first-order chi connectivity index (χ1) is 16.5. The van der Waals surface area contributed by atoms with E-state index >= 15 is 0 Å². The Morgan fingerprint density at radius 1 is 1.17 bits per heavy atom. The van der Waals surface area contributed by atoms with Crippen LogP contribution in [0.2, 0.25) is 0 Å². The molecule has 0 saturated heterocycles. The Hall–Kier alpha value is -2.93. The second-order valence-electron chi connectivity index (χ2n) is 9.28. The number of hydrogen-bond acceptors (Lipinski definition) is 7. The van der Waals surface area contributed by atoms with Gasteiger partial charge in [0.2, 0.25) is 0 Å². The second kappa shape index (κ2) is 13.2. The van der Waals surface area contributed by atoms with Gasteiger partial charge in [0, 0.05) is 21.7 Å². The molecule has 0 aliphatic rings. The lowest BCUT2D eigenvalue weighted by Gasteiger charge is -2.11. The van der Waals surface area contributed by atoms with Gasteiger partial charge in [-0.05, 0) is 68.7 Å². The summed E-state index contributed by atoms with van der Waals surface area (Å²) >= 11 is 1.65. The molecule has 1 atom stereocenters. The van der Waals surface area contributed by atoms with Crippen LogP contribution in [0.25, 0.3) is 6.08 Å². The van der Waals surface area contributed by atoms with Gasteiger partial charge in [0.1, 0.15) is 17.1 Å². The SMILES string of the molecule is COC(=O)C/C=C/CCC(C)c1cc(O)c(C(=O)C(C)=Cc2sc(CCC(C)C)cc2C)c(=O)o1. The van der Waals surface area contributed by atoms with Crippen LogP contribution < -0.4 is 5.63 Å². The quantitative estimate of drug-likeness (QED) is 0.153. The van der Waals surface area contributed by atoms with Crippen LogP contribution in [0, 0.1) is 12.8 Å². The van der Waals surface area contributed by atoms with E-state index < -0.39 is 11.4 Å². The highest BCUT2D eigenvalue weighted by atomic mass is 32.1. The van der Waals surface area contributed by atoms with E-state index in [9.17, 15) is 19.5 Å². The van der Waals surface area contributed by atoms with Gasteiger partial charge in [-0.15, -0.1) is 11.3 Å². The predicted molar refractivity (Wildman–Crippen MR) is 140 cm³/mol. The van der Waals surface area contributed by atoms with Gasteiger partial charge in [-0.1, -0.05) is 32.9 Å². The van der Waals surface area contributed by atoms with Crippen molar-refractivity contribution in [3.63, 3.8) is 0 Å². The van der Waals surface area contributed by atoms with Gasteiger partial charge in [0.15, 0.2) is 5.78 Å². The van der Waals surface area contributed by atoms with Crippen molar-refractivity contribution in [1.29, 1.82) is 0 Å². The van der Waals surface area contributed by atoms with Crippen LogP contribution in [0.1, 0.15) is 90.7 Å². The van der Waals surface area contributed by atoms with E-state index in [4.69, 9.17) is 4.42 Å². The molecule has 1 N–H and O–H groups in total. The number of methoxy groups -OCH3 is 1. The van der Waals surface area contributed by atoms with Crippen molar-refractivity contribution in [1.82, 2.24) is 0 Å². The molecule has 0 fully saturated rings. The molecule has 0 radical (unpaired) electrons. The Morgan fingerprint density at radius 2 is 1.89 bits per heavy atom. The molecule has 0 spiro atoms. The van der Waals surface area contributed by atoms with E-state index in [2.05, 4.69) is 24.7 Å². The highest BCUT2D eigenvalue weighted by Crippen LogP contribution is 2.29. The number of Topliss-reactive ketones (excluding diaryl/α,β-unsaturated/α-hetero) is 1. The monoisotopic (exact) mass is 500 g/mol. The van der Waals surface area contributed by atoms with Crippen LogP contribution in [-0.2, 0) is 16.0 Å². The summed E-state index contributed by atoms with van der Waals surface area (Å²) in [5, 5.41) is 10.5. The molecule has 2 aromatic rings. The fourth-order valence-corrected chi connectivity index (χ4v) is 4.73. The number of allylic oxidation sites excluding steroid dienone is 2. The number of rotatable bonds is 12. The van der Waals surface area contributed by atoms with E-state index in [1.54, 1.807) is 30.4 Å². The zero-order valence-corrected chi connectivity index (χ0v) is 22.3. The maximum atomic E-state index is 13.0. The number of hydrogen-bond donors (Lipinski definition) is 1. The molecule has 190 valence electrons. The van der Waals surface area contributed by atoms with Gasteiger partial charge in [0.05, 0.1) is 13.5 Å². The highest BCUT2D eigenvalue weighted by molar-refractivity contribution is 7.13. The molecule has 0 amide bonds. The van der Waals surface area contributed by atoms with E-state index in [0.717, 1.165) is 23.3 Å². The van der Waals surface area contributed by atoms with E-state index in [-0.39, 0.29) is 29.6 Å². The number of aryl methyl sites for hydroxylation is 2. The highest BCUT2D eigenvalue weighted by Gasteiger charge is 2.22.